The van der Waals surface area contributed by atoms with Gasteiger partial charge in [-0.15, -0.1) is 0 Å². The molecule has 2 N–H and O–H groups in total. The number of hydrogen-bond acceptors (Lipinski definition) is 4. The maximum Gasteiger partial charge on any atom is 0.288 e. The third-order valence-corrected chi connectivity index (χ3v) is 3.07. The Hall–Kier alpha value is -2.60. The van der Waals surface area contributed by atoms with Crippen molar-refractivity contribution in [2.45, 2.75) is 6.61 Å². The molecule has 0 aliphatic carbocycles. The van der Waals surface area contributed by atoms with E-state index >= 15 is 0 Å². The number of primary amides is 1. The number of carbonyl (C=O) groups is 1. The minimum atomic E-state index is -0.548. The smallest absolute Gasteiger partial charge is 0.288 e. The molecule has 2 aromatic carbocycles. The summed E-state index contributed by atoms with van der Waals surface area (Å²) in [5.41, 5.74) is 5.96. The lowest BCUT2D eigenvalue weighted by atomic mass is 10.2. The average Bonchev–Trinajstić information content (AvgIpc) is 2.46. The molecule has 6 nitrogen and oxygen atoms in total. The van der Waals surface area contributed by atoms with Crippen molar-refractivity contribution in [3.05, 3.63) is 68.7 Å². The fraction of sp³-hybridized carbons (Fsp3) is 0.0714. The summed E-state index contributed by atoms with van der Waals surface area (Å²) in [6.45, 7) is 0.147. The molecular weight excluding hydrogens is 296 g/mol. The number of halogens is 1. The number of ether oxygens (including phenoxy) is 1. The first-order valence-corrected chi connectivity index (χ1v) is 6.30. The summed E-state index contributed by atoms with van der Waals surface area (Å²) in [5, 5.41) is 10.9. The maximum atomic E-state index is 10.9. The summed E-state index contributed by atoms with van der Waals surface area (Å²) in [7, 11) is 0. The largest absolute Gasteiger partial charge is 0.489 e. The van der Waals surface area contributed by atoms with Crippen molar-refractivity contribution >= 4 is 23.2 Å². The molecule has 0 aliphatic heterocycles. The molecule has 0 bridgehead atoms. The number of nitrogens with two attached hydrogens (primary N) is 1. The molecule has 2 aromatic rings. The summed E-state index contributed by atoms with van der Waals surface area (Å²) < 4.78 is 5.48. The highest BCUT2D eigenvalue weighted by molar-refractivity contribution is 6.32. The van der Waals surface area contributed by atoms with Crippen molar-refractivity contribution in [1.29, 1.82) is 0 Å². The zero-order chi connectivity index (χ0) is 15.4. The summed E-state index contributed by atoms with van der Waals surface area (Å²) in [6.07, 6.45) is 0. The molecule has 0 radical (unpaired) electrons. The van der Waals surface area contributed by atoms with E-state index in [2.05, 4.69) is 0 Å². The predicted molar refractivity (Wildman–Crippen MR) is 77.4 cm³/mol. The lowest BCUT2D eigenvalue weighted by Crippen LogP contribution is -2.10. The van der Waals surface area contributed by atoms with Crippen LogP contribution >= 0.6 is 11.6 Å². The number of hydrogen-bond donors (Lipinski definition) is 1. The number of nitro benzene ring substituents is 1. The fourth-order valence-corrected chi connectivity index (χ4v) is 1.86. The highest BCUT2D eigenvalue weighted by Gasteiger charge is 2.12. The Morgan fingerprint density at radius 2 is 1.90 bits per heavy atom. The molecule has 0 heterocycles. The van der Waals surface area contributed by atoms with E-state index in [1.165, 1.54) is 12.1 Å². The van der Waals surface area contributed by atoms with Crippen LogP contribution in [-0.2, 0) is 6.61 Å². The van der Waals surface area contributed by atoms with Crippen molar-refractivity contribution in [2.24, 2.45) is 5.73 Å². The van der Waals surface area contributed by atoms with E-state index in [1.807, 2.05) is 0 Å². The number of benzene rings is 2. The molecule has 108 valence electrons. The van der Waals surface area contributed by atoms with E-state index < -0.39 is 10.8 Å². The Labute approximate surface area is 125 Å². The second-order valence-corrected chi connectivity index (χ2v) is 4.63. The molecule has 0 unspecified atom stereocenters. The molecule has 7 heteroatoms. The maximum absolute atomic E-state index is 10.9. The van der Waals surface area contributed by atoms with Crippen molar-refractivity contribution < 1.29 is 14.5 Å². The van der Waals surface area contributed by atoms with Gasteiger partial charge in [0.2, 0.25) is 5.91 Å². The first-order valence-electron chi connectivity index (χ1n) is 5.93. The average molecular weight is 307 g/mol. The highest BCUT2D eigenvalue weighted by Crippen LogP contribution is 2.25. The number of rotatable bonds is 5. The first-order chi connectivity index (χ1) is 9.97. The number of carbonyl (C=O) groups excluding carboxylic acids is 1. The molecular formula is C14H11ClN2O4. The SMILES string of the molecule is NC(=O)c1ccc(OCc2ccc(Cl)c([N+](=O)[O-])c2)cc1. The summed E-state index contributed by atoms with van der Waals surface area (Å²) >= 11 is 5.73. The lowest BCUT2D eigenvalue weighted by Gasteiger charge is -2.07. The van der Waals surface area contributed by atoms with Crippen molar-refractivity contribution in [1.82, 2.24) is 0 Å². The van der Waals surface area contributed by atoms with Crippen molar-refractivity contribution in [3.8, 4) is 5.75 Å². The minimum absolute atomic E-state index is 0.0783. The third kappa shape index (κ3) is 3.70. The van der Waals surface area contributed by atoms with Gasteiger partial charge in [0, 0.05) is 11.6 Å². The second kappa shape index (κ2) is 6.23. The van der Waals surface area contributed by atoms with Gasteiger partial charge in [-0.05, 0) is 35.9 Å². The topological polar surface area (TPSA) is 95.5 Å². The van der Waals surface area contributed by atoms with Gasteiger partial charge in [0.15, 0.2) is 0 Å². The van der Waals surface area contributed by atoms with Gasteiger partial charge in [-0.3, -0.25) is 14.9 Å². The Kier molecular flexibility index (Phi) is 4.39. The van der Waals surface area contributed by atoms with Crippen molar-refractivity contribution in [3.63, 3.8) is 0 Å². The van der Waals surface area contributed by atoms with E-state index in [0.717, 1.165) is 0 Å². The molecule has 0 atom stereocenters. The van der Waals surface area contributed by atoms with E-state index in [4.69, 9.17) is 22.1 Å². The standard InChI is InChI=1S/C14H11ClN2O4/c15-12-6-1-9(7-13(12)17(19)20)8-21-11-4-2-10(3-5-11)14(16)18/h1-7H,8H2,(H2,16,18). The Morgan fingerprint density at radius 3 is 2.48 bits per heavy atom. The summed E-state index contributed by atoms with van der Waals surface area (Å²) in [4.78, 5) is 21.2. The summed E-state index contributed by atoms with van der Waals surface area (Å²) in [5.74, 6) is 0.00693. The zero-order valence-electron chi connectivity index (χ0n) is 10.8. The normalized spacial score (nSPS) is 10.1. The molecule has 0 aromatic heterocycles. The highest BCUT2D eigenvalue weighted by atomic mass is 35.5. The van der Waals surface area contributed by atoms with Crippen LogP contribution in [0.4, 0.5) is 5.69 Å². The van der Waals surface area contributed by atoms with Crippen LogP contribution in [0.5, 0.6) is 5.75 Å². The van der Waals surface area contributed by atoms with E-state index in [-0.39, 0.29) is 17.3 Å². The molecule has 2 rings (SSSR count). The zero-order valence-corrected chi connectivity index (χ0v) is 11.5. The minimum Gasteiger partial charge on any atom is -0.489 e. The van der Waals surface area contributed by atoms with Gasteiger partial charge < -0.3 is 10.5 Å². The lowest BCUT2D eigenvalue weighted by molar-refractivity contribution is -0.384. The van der Waals surface area contributed by atoms with Crippen LogP contribution in [0.2, 0.25) is 5.02 Å². The molecule has 0 fully saturated rings. The molecule has 0 spiro atoms. The van der Waals surface area contributed by atoms with Gasteiger partial charge in [-0.25, -0.2) is 0 Å². The predicted octanol–water partition coefficient (Wildman–Crippen LogP) is 2.93. The van der Waals surface area contributed by atoms with Crippen LogP contribution in [0.15, 0.2) is 42.5 Å². The van der Waals surface area contributed by atoms with Crippen LogP contribution < -0.4 is 10.5 Å². The van der Waals surface area contributed by atoms with Gasteiger partial charge in [-0.2, -0.15) is 0 Å². The van der Waals surface area contributed by atoms with Gasteiger partial charge in [0.1, 0.15) is 17.4 Å². The number of nitrogens with zero attached hydrogens (tertiary/aromatic N) is 1. The van der Waals surface area contributed by atoms with Crippen LogP contribution in [0.25, 0.3) is 0 Å². The molecule has 0 saturated carbocycles. The Balaban J connectivity index is 2.07. The Morgan fingerprint density at radius 1 is 1.24 bits per heavy atom. The summed E-state index contributed by atoms with van der Waals surface area (Å²) in [6, 6.07) is 10.8. The van der Waals surface area contributed by atoms with Crippen LogP contribution in [0, 0.1) is 10.1 Å². The number of amides is 1. The van der Waals surface area contributed by atoms with Gasteiger partial charge in [-0.1, -0.05) is 17.7 Å². The second-order valence-electron chi connectivity index (χ2n) is 4.22. The third-order valence-electron chi connectivity index (χ3n) is 2.75. The number of nitro groups is 1. The molecule has 0 aliphatic rings. The van der Waals surface area contributed by atoms with Crippen LogP contribution in [-0.4, -0.2) is 10.8 Å². The molecule has 1 amide bonds. The van der Waals surface area contributed by atoms with Gasteiger partial charge in [0.05, 0.1) is 4.92 Å². The molecule has 0 saturated heterocycles. The van der Waals surface area contributed by atoms with E-state index in [1.54, 1.807) is 30.3 Å². The fourth-order valence-electron chi connectivity index (χ4n) is 1.67. The quantitative estimate of drug-likeness (QED) is 0.678. The van der Waals surface area contributed by atoms with Crippen LogP contribution in [0.1, 0.15) is 15.9 Å². The van der Waals surface area contributed by atoms with Crippen molar-refractivity contribution in [2.75, 3.05) is 0 Å². The van der Waals surface area contributed by atoms with Crippen LogP contribution in [0.3, 0.4) is 0 Å². The van der Waals surface area contributed by atoms with Gasteiger partial charge >= 0.3 is 0 Å². The monoisotopic (exact) mass is 306 g/mol. The Bertz CT molecular complexity index is 686. The first kappa shape index (κ1) is 14.8. The van der Waals surface area contributed by atoms with Gasteiger partial charge in [0.25, 0.3) is 5.69 Å². The van der Waals surface area contributed by atoms with E-state index in [9.17, 15) is 14.9 Å². The molecule has 21 heavy (non-hydrogen) atoms. The van der Waals surface area contributed by atoms with E-state index in [0.29, 0.717) is 16.9 Å².